The summed E-state index contributed by atoms with van der Waals surface area (Å²) < 4.78 is 71.7. The van der Waals surface area contributed by atoms with E-state index < -0.39 is 31.1 Å². The molecule has 1 N–H and O–H groups in total. The van der Waals surface area contributed by atoms with Crippen LogP contribution in [-0.4, -0.2) is 24.1 Å². The normalized spacial score (nSPS) is 15.4. The number of rotatable bonds is 5. The van der Waals surface area contributed by atoms with Gasteiger partial charge in [-0.15, -0.1) is 0 Å². The maximum Gasteiger partial charge on any atom is 0.392 e. The van der Waals surface area contributed by atoms with Crippen molar-refractivity contribution in [1.29, 1.82) is 0 Å². The molecule has 0 radical (unpaired) electrons. The van der Waals surface area contributed by atoms with Gasteiger partial charge < -0.3 is 5.11 Å². The van der Waals surface area contributed by atoms with Crippen LogP contribution in [0.2, 0.25) is 0 Å². The number of hydrogen-bond donors (Lipinski definition) is 1. The van der Waals surface area contributed by atoms with Crippen LogP contribution in [-0.2, 0) is 0 Å². The molecule has 1 nitrogen and oxygen atoms in total. The van der Waals surface area contributed by atoms with Crippen LogP contribution >= 0.6 is 0 Å². The average Bonchev–Trinajstić information content (AvgIpc) is 1.99. The lowest BCUT2D eigenvalue weighted by atomic mass is 9.97. The van der Waals surface area contributed by atoms with Crippen LogP contribution in [0.15, 0.2) is 0 Å². The van der Waals surface area contributed by atoms with Gasteiger partial charge in [-0.1, -0.05) is 6.42 Å². The van der Waals surface area contributed by atoms with Crippen LogP contribution in [0, 0.1) is 5.92 Å². The molecule has 0 rings (SSSR count). The van der Waals surface area contributed by atoms with Crippen molar-refractivity contribution < 1.29 is 31.4 Å². The van der Waals surface area contributed by atoms with Gasteiger partial charge in [0, 0.05) is 6.61 Å². The van der Waals surface area contributed by atoms with Crippen molar-refractivity contribution in [3.63, 3.8) is 0 Å². The standard InChI is InChI=1S/C8H12F6O/c9-7(10,11)5-6(8(12,13)14)3-1-2-4-15/h6,15H,1-5H2. The van der Waals surface area contributed by atoms with E-state index in [9.17, 15) is 26.3 Å². The van der Waals surface area contributed by atoms with E-state index in [1.807, 2.05) is 0 Å². The van der Waals surface area contributed by atoms with Crippen LogP contribution in [0.1, 0.15) is 25.7 Å². The van der Waals surface area contributed by atoms with Gasteiger partial charge in [0.05, 0.1) is 12.3 Å². The molecule has 0 amide bonds. The molecule has 0 saturated heterocycles. The van der Waals surface area contributed by atoms with Crippen LogP contribution in [0.4, 0.5) is 26.3 Å². The van der Waals surface area contributed by atoms with Crippen LogP contribution in [0.25, 0.3) is 0 Å². The van der Waals surface area contributed by atoms with Gasteiger partial charge in [0.1, 0.15) is 0 Å². The van der Waals surface area contributed by atoms with Crippen LogP contribution < -0.4 is 0 Å². The molecule has 0 fully saturated rings. The minimum Gasteiger partial charge on any atom is -0.396 e. The monoisotopic (exact) mass is 238 g/mol. The number of unbranched alkanes of at least 4 members (excludes halogenated alkanes) is 1. The van der Waals surface area contributed by atoms with Crippen molar-refractivity contribution in [2.24, 2.45) is 5.92 Å². The Morgan fingerprint density at radius 3 is 1.80 bits per heavy atom. The topological polar surface area (TPSA) is 20.2 Å². The minimum absolute atomic E-state index is 0.0588. The molecule has 0 aliphatic carbocycles. The largest absolute Gasteiger partial charge is 0.396 e. The first kappa shape index (κ1) is 14.5. The van der Waals surface area contributed by atoms with Gasteiger partial charge in [-0.3, -0.25) is 0 Å². The van der Waals surface area contributed by atoms with Crippen LogP contribution in [0.3, 0.4) is 0 Å². The summed E-state index contributed by atoms with van der Waals surface area (Å²) in [6.45, 7) is -0.309. The summed E-state index contributed by atoms with van der Waals surface area (Å²) in [7, 11) is 0. The molecule has 0 bridgehead atoms. The highest BCUT2D eigenvalue weighted by Crippen LogP contribution is 2.38. The molecular weight excluding hydrogens is 226 g/mol. The molecule has 0 aromatic rings. The van der Waals surface area contributed by atoms with Gasteiger partial charge >= 0.3 is 12.4 Å². The summed E-state index contributed by atoms with van der Waals surface area (Å²) >= 11 is 0. The lowest BCUT2D eigenvalue weighted by Gasteiger charge is -2.21. The highest BCUT2D eigenvalue weighted by atomic mass is 19.4. The Morgan fingerprint density at radius 1 is 0.933 bits per heavy atom. The molecule has 0 aromatic carbocycles. The molecule has 0 saturated carbocycles. The van der Waals surface area contributed by atoms with Crippen LogP contribution in [0.5, 0.6) is 0 Å². The fraction of sp³-hybridized carbons (Fsp3) is 1.00. The molecular formula is C8H12F6O. The van der Waals surface area contributed by atoms with Crippen molar-refractivity contribution >= 4 is 0 Å². The molecule has 0 aliphatic heterocycles. The molecule has 0 aliphatic rings. The van der Waals surface area contributed by atoms with E-state index in [0.29, 0.717) is 0 Å². The highest BCUT2D eigenvalue weighted by Gasteiger charge is 2.45. The summed E-state index contributed by atoms with van der Waals surface area (Å²) in [5.74, 6) is -2.36. The van der Waals surface area contributed by atoms with Gasteiger partial charge in [-0.05, 0) is 12.8 Å². The first-order valence-electron chi connectivity index (χ1n) is 4.41. The Labute approximate surface area is 83.1 Å². The summed E-state index contributed by atoms with van der Waals surface area (Å²) in [6, 6.07) is 0. The summed E-state index contributed by atoms with van der Waals surface area (Å²) in [5.41, 5.74) is 0. The van der Waals surface area contributed by atoms with E-state index >= 15 is 0 Å². The lowest BCUT2D eigenvalue weighted by Crippen LogP contribution is -2.28. The van der Waals surface area contributed by atoms with E-state index in [2.05, 4.69) is 0 Å². The van der Waals surface area contributed by atoms with Crippen molar-refractivity contribution in [2.45, 2.75) is 38.0 Å². The number of hydrogen-bond acceptors (Lipinski definition) is 1. The minimum atomic E-state index is -4.83. The predicted molar refractivity (Wildman–Crippen MR) is 41.2 cm³/mol. The lowest BCUT2D eigenvalue weighted by molar-refractivity contribution is -0.220. The summed E-state index contributed by atoms with van der Waals surface area (Å²) in [6.07, 6.45) is -12.0. The predicted octanol–water partition coefficient (Wildman–Crippen LogP) is 3.28. The Balaban J connectivity index is 4.21. The third-order valence-corrected chi connectivity index (χ3v) is 1.90. The fourth-order valence-corrected chi connectivity index (χ4v) is 1.16. The number of halogens is 6. The zero-order valence-corrected chi connectivity index (χ0v) is 7.83. The SMILES string of the molecule is OCCCCC(CC(F)(F)F)C(F)(F)F. The molecule has 0 heterocycles. The van der Waals surface area contributed by atoms with Gasteiger partial charge in [-0.2, -0.15) is 26.3 Å². The fourth-order valence-electron chi connectivity index (χ4n) is 1.16. The van der Waals surface area contributed by atoms with Gasteiger partial charge in [0.15, 0.2) is 0 Å². The second-order valence-electron chi connectivity index (χ2n) is 3.28. The smallest absolute Gasteiger partial charge is 0.392 e. The second-order valence-corrected chi connectivity index (χ2v) is 3.28. The third-order valence-electron chi connectivity index (χ3n) is 1.90. The second kappa shape index (κ2) is 5.58. The Hall–Kier alpha value is -0.460. The maximum absolute atomic E-state index is 12.1. The zero-order chi connectivity index (χ0) is 12.1. The number of aliphatic hydroxyl groups excluding tert-OH is 1. The van der Waals surface area contributed by atoms with Gasteiger partial charge in [0.2, 0.25) is 0 Å². The van der Waals surface area contributed by atoms with E-state index in [0.717, 1.165) is 0 Å². The summed E-state index contributed by atoms with van der Waals surface area (Å²) in [4.78, 5) is 0. The molecule has 15 heavy (non-hydrogen) atoms. The molecule has 92 valence electrons. The van der Waals surface area contributed by atoms with Crippen molar-refractivity contribution in [2.75, 3.05) is 6.61 Å². The Morgan fingerprint density at radius 2 is 1.47 bits per heavy atom. The number of alkyl halides is 6. The maximum atomic E-state index is 12.1. The van der Waals surface area contributed by atoms with Crippen molar-refractivity contribution in [3.05, 3.63) is 0 Å². The molecule has 0 spiro atoms. The first-order valence-corrected chi connectivity index (χ1v) is 4.41. The molecule has 1 atom stereocenters. The Bertz CT molecular complexity index is 173. The van der Waals surface area contributed by atoms with Gasteiger partial charge in [0.25, 0.3) is 0 Å². The quantitative estimate of drug-likeness (QED) is 0.575. The van der Waals surface area contributed by atoms with E-state index in [-0.39, 0.29) is 19.4 Å². The van der Waals surface area contributed by atoms with E-state index in [1.165, 1.54) is 0 Å². The van der Waals surface area contributed by atoms with E-state index in [1.54, 1.807) is 0 Å². The van der Waals surface area contributed by atoms with Crippen molar-refractivity contribution in [3.8, 4) is 0 Å². The van der Waals surface area contributed by atoms with E-state index in [4.69, 9.17) is 5.11 Å². The third kappa shape index (κ3) is 7.47. The molecule has 1 unspecified atom stereocenters. The summed E-state index contributed by atoms with van der Waals surface area (Å²) in [5, 5.41) is 8.31. The molecule has 7 heteroatoms. The average molecular weight is 238 g/mol. The molecule has 0 aromatic heterocycles. The number of aliphatic hydroxyl groups is 1. The Kier molecular flexibility index (Phi) is 5.41. The zero-order valence-electron chi connectivity index (χ0n) is 7.83. The highest BCUT2D eigenvalue weighted by molar-refractivity contribution is 4.71. The first-order chi connectivity index (χ1) is 6.67. The van der Waals surface area contributed by atoms with Gasteiger partial charge in [-0.25, -0.2) is 0 Å². The van der Waals surface area contributed by atoms with Crippen molar-refractivity contribution in [1.82, 2.24) is 0 Å².